The van der Waals surface area contributed by atoms with Crippen LogP contribution in [0.4, 0.5) is 0 Å². The Morgan fingerprint density at radius 3 is 2.54 bits per heavy atom. The molecule has 2 aromatic carbocycles. The van der Waals surface area contributed by atoms with E-state index in [1.165, 1.54) is 22.3 Å². The van der Waals surface area contributed by atoms with Gasteiger partial charge in [0.05, 0.1) is 16.7 Å². The molecule has 4 amide bonds. The lowest BCUT2D eigenvalue weighted by atomic mass is 9.85. The summed E-state index contributed by atoms with van der Waals surface area (Å²) in [5.74, 6) is -2.38. The van der Waals surface area contributed by atoms with Gasteiger partial charge in [-0.1, -0.05) is 62.3 Å². The fourth-order valence-electron chi connectivity index (χ4n) is 7.69. The zero-order valence-electron chi connectivity index (χ0n) is 31.2. The molecule has 3 aliphatic carbocycles. The molecule has 15 heteroatoms. The highest BCUT2D eigenvalue weighted by Crippen LogP contribution is 2.46. The summed E-state index contributed by atoms with van der Waals surface area (Å²) in [5.41, 5.74) is 2.44. The van der Waals surface area contributed by atoms with Crippen LogP contribution in [0.5, 0.6) is 5.75 Å². The lowest BCUT2D eigenvalue weighted by molar-refractivity contribution is -0.142. The number of ether oxygens (including phenoxy) is 1. The van der Waals surface area contributed by atoms with Crippen LogP contribution in [0, 0.1) is 11.3 Å². The standard InChI is InChI=1S/C41H43N5O8S2/c1-5-24-21-41(24,39(50)45-56(51,52)27-13-14-27)43-36(47)32-20-26-22-46(32)38(49)35(40(2,3)4)42-37(48)34-23(16-18-55-34)9-8-17-53-25-12-15-29-28-10-6-7-11-30(28)33(44-54-26)31(29)19-25/h5-12,15-16,18-19,24,26-27,32,35H,1,13-14,17,20-22H2,2-4H3,(H,42,48)(H,43,47)(H,45,50)/b9-8+,44-33-/t24-,26?,32?,35-,41?/m1/s1. The van der Waals surface area contributed by atoms with E-state index in [1.807, 2.05) is 75.4 Å². The number of carbonyl (C=O) groups excluding carboxylic acids is 4. The van der Waals surface area contributed by atoms with Gasteiger partial charge in [-0.15, -0.1) is 17.9 Å². The highest BCUT2D eigenvalue weighted by Gasteiger charge is 2.62. The molecule has 2 saturated carbocycles. The summed E-state index contributed by atoms with van der Waals surface area (Å²) >= 11 is 1.24. The van der Waals surface area contributed by atoms with Crippen molar-refractivity contribution in [3.63, 3.8) is 0 Å². The van der Waals surface area contributed by atoms with Crippen LogP contribution >= 0.6 is 11.3 Å². The molecule has 1 aromatic heterocycles. The highest BCUT2D eigenvalue weighted by atomic mass is 32.2. The zero-order chi connectivity index (χ0) is 39.6. The first kappa shape index (κ1) is 37.6. The Labute approximate surface area is 329 Å². The van der Waals surface area contributed by atoms with Gasteiger partial charge in [0, 0.05) is 23.5 Å². The molecule has 13 nitrogen and oxygen atoms in total. The summed E-state index contributed by atoms with van der Waals surface area (Å²) in [4.78, 5) is 64.6. The molecule has 2 aliphatic heterocycles. The van der Waals surface area contributed by atoms with Gasteiger partial charge in [-0.2, -0.15) is 0 Å². The number of thiophene rings is 1. The first-order valence-corrected chi connectivity index (χ1v) is 21.1. The summed E-state index contributed by atoms with van der Waals surface area (Å²) in [7, 11) is -3.91. The molecular formula is C41H43N5O8S2. The number of benzene rings is 2. The van der Waals surface area contributed by atoms with Crippen molar-refractivity contribution in [2.45, 2.75) is 75.4 Å². The van der Waals surface area contributed by atoms with E-state index in [9.17, 15) is 27.6 Å². The van der Waals surface area contributed by atoms with E-state index < -0.39 is 74.0 Å². The van der Waals surface area contributed by atoms with E-state index in [1.54, 1.807) is 11.5 Å². The van der Waals surface area contributed by atoms with Crippen LogP contribution in [0.3, 0.4) is 0 Å². The minimum atomic E-state index is -3.91. The first-order chi connectivity index (χ1) is 26.7. The van der Waals surface area contributed by atoms with Gasteiger partial charge in [0.1, 0.15) is 41.8 Å². The second kappa shape index (κ2) is 14.0. The van der Waals surface area contributed by atoms with E-state index in [4.69, 9.17) is 9.57 Å². The molecule has 56 heavy (non-hydrogen) atoms. The fourth-order valence-corrected chi connectivity index (χ4v) is 9.84. The van der Waals surface area contributed by atoms with E-state index in [0.29, 0.717) is 34.7 Å². The Kier molecular flexibility index (Phi) is 9.43. The third-order valence-electron chi connectivity index (χ3n) is 11.0. The van der Waals surface area contributed by atoms with E-state index >= 15 is 0 Å². The van der Waals surface area contributed by atoms with Gasteiger partial charge < -0.3 is 25.1 Å². The maximum absolute atomic E-state index is 14.8. The summed E-state index contributed by atoms with van der Waals surface area (Å²) in [6, 6.07) is 13.2. The van der Waals surface area contributed by atoms with Crippen LogP contribution in [0.2, 0.25) is 0 Å². The number of sulfonamides is 1. The summed E-state index contributed by atoms with van der Waals surface area (Å²) < 4.78 is 33.8. The van der Waals surface area contributed by atoms with E-state index in [2.05, 4.69) is 27.1 Å². The fraction of sp³-hybridized carbons (Fsp3) is 0.390. The average molecular weight is 798 g/mol. The van der Waals surface area contributed by atoms with Crippen molar-refractivity contribution in [3.8, 4) is 16.9 Å². The minimum Gasteiger partial charge on any atom is -0.490 e. The van der Waals surface area contributed by atoms with Crippen LogP contribution in [0.15, 0.2) is 77.8 Å². The molecular weight excluding hydrogens is 755 g/mol. The molecule has 3 aromatic rings. The van der Waals surface area contributed by atoms with Gasteiger partial charge in [0.2, 0.25) is 21.8 Å². The number of carbonyl (C=O) groups is 4. The van der Waals surface area contributed by atoms with Crippen LogP contribution < -0.4 is 20.1 Å². The molecule has 5 atom stereocenters. The van der Waals surface area contributed by atoms with Crippen molar-refractivity contribution < 1.29 is 37.2 Å². The molecule has 4 bridgehead atoms. The van der Waals surface area contributed by atoms with Crippen molar-refractivity contribution in [1.29, 1.82) is 0 Å². The second-order valence-electron chi connectivity index (χ2n) is 16.0. The third-order valence-corrected chi connectivity index (χ3v) is 13.8. The normalized spacial score (nSPS) is 27.3. The number of amides is 4. The van der Waals surface area contributed by atoms with Crippen molar-refractivity contribution in [1.82, 2.24) is 20.3 Å². The minimum absolute atomic E-state index is 0.00745. The summed E-state index contributed by atoms with van der Waals surface area (Å²) in [6.45, 7) is 9.45. The Balaban J connectivity index is 1.16. The van der Waals surface area contributed by atoms with E-state index in [-0.39, 0.29) is 26.0 Å². The van der Waals surface area contributed by atoms with Gasteiger partial charge in [0.15, 0.2) is 0 Å². The Morgan fingerprint density at radius 1 is 1.07 bits per heavy atom. The van der Waals surface area contributed by atoms with Crippen LogP contribution in [-0.2, 0) is 29.2 Å². The molecule has 8 rings (SSSR count). The van der Waals surface area contributed by atoms with Crippen LogP contribution in [0.25, 0.3) is 17.2 Å². The van der Waals surface area contributed by atoms with Crippen molar-refractivity contribution >= 4 is 56.8 Å². The number of nitrogens with one attached hydrogen (secondary N) is 3. The van der Waals surface area contributed by atoms with Gasteiger partial charge >= 0.3 is 0 Å². The Morgan fingerprint density at radius 2 is 1.82 bits per heavy atom. The van der Waals surface area contributed by atoms with E-state index in [0.717, 1.165) is 22.3 Å². The summed E-state index contributed by atoms with van der Waals surface area (Å²) in [5, 5.41) is 11.6. The molecule has 3 unspecified atom stereocenters. The SMILES string of the molecule is C=C[C@@H]1CC1(NC(=O)C1CC2CN1C(=O)[C@H](C(C)(C)C)NC(=O)c1sccc1/C=C/COc1ccc3c(c1)/C(=N\O2)c1ccccc1-3)C(=O)NS(=O)(=O)C1CC1. The van der Waals surface area contributed by atoms with Gasteiger partial charge in [-0.25, -0.2) is 8.42 Å². The monoisotopic (exact) mass is 797 g/mol. The highest BCUT2D eigenvalue weighted by molar-refractivity contribution is 7.91. The molecule has 3 N–H and O–H groups in total. The predicted molar refractivity (Wildman–Crippen MR) is 211 cm³/mol. The van der Waals surface area contributed by atoms with Crippen LogP contribution in [-0.4, -0.2) is 84.8 Å². The van der Waals surface area contributed by atoms with Crippen LogP contribution in [0.1, 0.15) is 72.8 Å². The molecule has 0 spiro atoms. The maximum atomic E-state index is 14.8. The quantitative estimate of drug-likeness (QED) is 0.241. The topological polar surface area (TPSA) is 173 Å². The number of rotatable bonds is 6. The summed E-state index contributed by atoms with van der Waals surface area (Å²) in [6.07, 6.45) is 5.43. The predicted octanol–water partition coefficient (Wildman–Crippen LogP) is 4.39. The van der Waals surface area contributed by atoms with Crippen molar-refractivity contribution in [3.05, 3.63) is 94.2 Å². The maximum Gasteiger partial charge on any atom is 0.262 e. The Hall–Kier alpha value is -5.28. The van der Waals surface area contributed by atoms with Gasteiger partial charge in [-0.05, 0) is 77.1 Å². The second-order valence-corrected chi connectivity index (χ2v) is 18.9. The molecule has 5 aliphatic rings. The largest absolute Gasteiger partial charge is 0.490 e. The van der Waals surface area contributed by atoms with Gasteiger partial charge in [0.25, 0.3) is 11.8 Å². The molecule has 292 valence electrons. The molecule has 0 radical (unpaired) electrons. The lowest BCUT2D eigenvalue weighted by Crippen LogP contribution is -2.60. The van der Waals surface area contributed by atoms with Gasteiger partial charge in [-0.3, -0.25) is 23.9 Å². The lowest BCUT2D eigenvalue weighted by Gasteiger charge is -2.35. The third kappa shape index (κ3) is 6.91. The number of nitrogens with zero attached hydrogens (tertiary/aromatic N) is 2. The number of fused-ring (bicyclic) bond motifs is 7. The zero-order valence-corrected chi connectivity index (χ0v) is 32.9. The number of oxime groups is 1. The molecule has 1 saturated heterocycles. The smallest absolute Gasteiger partial charge is 0.262 e. The van der Waals surface area contributed by atoms with Crippen molar-refractivity contribution in [2.24, 2.45) is 16.5 Å². The average Bonchev–Trinajstić information content (AvgIpc) is 4.01. The van der Waals surface area contributed by atoms with Crippen molar-refractivity contribution in [2.75, 3.05) is 13.2 Å². The first-order valence-electron chi connectivity index (χ1n) is 18.7. The number of hydrogen-bond acceptors (Lipinski definition) is 10. The number of hydrogen-bond donors (Lipinski definition) is 3. The Bertz CT molecular complexity index is 2320. The molecule has 3 heterocycles. The molecule has 3 fully saturated rings.